The van der Waals surface area contributed by atoms with E-state index in [1.165, 1.54) is 11.1 Å². The Bertz CT molecular complexity index is 1280. The highest BCUT2D eigenvalue weighted by Gasteiger charge is 2.14. The van der Waals surface area contributed by atoms with Crippen LogP contribution in [-0.4, -0.2) is 35.4 Å². The molecule has 0 bridgehead atoms. The number of hydrogen-bond donors (Lipinski definition) is 1. The Labute approximate surface area is 199 Å². The van der Waals surface area contributed by atoms with Gasteiger partial charge in [0.15, 0.2) is 6.61 Å². The molecule has 0 aliphatic carbocycles. The molecule has 8 heteroatoms. The summed E-state index contributed by atoms with van der Waals surface area (Å²) in [5.41, 5.74) is 10.6. The Morgan fingerprint density at radius 1 is 1.18 bits per heavy atom. The lowest BCUT2D eigenvalue weighted by atomic mass is 10.1. The molecule has 0 aliphatic rings. The van der Waals surface area contributed by atoms with Gasteiger partial charge in [-0.2, -0.15) is 10.4 Å². The molecule has 1 amide bonds. The molecule has 0 aliphatic heterocycles. The van der Waals surface area contributed by atoms with Crippen LogP contribution in [0.25, 0.3) is 5.69 Å². The lowest BCUT2D eigenvalue weighted by Gasteiger charge is -2.11. The maximum Gasteiger partial charge on any atom is 0.278 e. The summed E-state index contributed by atoms with van der Waals surface area (Å²) in [6, 6.07) is 12.2. The average Bonchev–Trinajstić information content (AvgIpc) is 3.07. The molecule has 0 saturated carbocycles. The van der Waals surface area contributed by atoms with E-state index < -0.39 is 5.91 Å². The van der Waals surface area contributed by atoms with Crippen LogP contribution in [0.3, 0.4) is 0 Å². The standard InChI is InChI=1S/C26H29N5O3/c1-16-7-8-23(9-17(16)2)31-19(4)11-21(20(31)5)13-28-30-25(32)15-34-26-24(12-27)22(14-33-6)10-18(3)29-26/h7-11,13H,14-15H2,1-6H3,(H,30,32)/b28-13+. The summed E-state index contributed by atoms with van der Waals surface area (Å²) in [7, 11) is 1.54. The third kappa shape index (κ3) is 5.50. The smallest absolute Gasteiger partial charge is 0.278 e. The SMILES string of the molecule is COCc1cc(C)nc(OCC(=O)N/N=C/c2cc(C)n(-c3ccc(C)c(C)c3)c2C)c1C#N. The first kappa shape index (κ1) is 24.7. The molecule has 0 saturated heterocycles. The first-order valence-corrected chi connectivity index (χ1v) is 10.9. The lowest BCUT2D eigenvalue weighted by Crippen LogP contribution is -2.25. The number of hydrazone groups is 1. The fourth-order valence-electron chi connectivity index (χ4n) is 3.72. The summed E-state index contributed by atoms with van der Waals surface area (Å²) in [4.78, 5) is 16.5. The molecular formula is C26H29N5O3. The number of methoxy groups -OCH3 is 1. The number of aromatic nitrogens is 2. The van der Waals surface area contributed by atoms with Crippen molar-refractivity contribution in [3.05, 3.63) is 75.2 Å². The van der Waals surface area contributed by atoms with E-state index in [0.29, 0.717) is 11.3 Å². The Morgan fingerprint density at radius 2 is 1.94 bits per heavy atom. The van der Waals surface area contributed by atoms with Gasteiger partial charge >= 0.3 is 0 Å². The van der Waals surface area contributed by atoms with Crippen LogP contribution < -0.4 is 10.2 Å². The third-order valence-corrected chi connectivity index (χ3v) is 5.56. The van der Waals surface area contributed by atoms with Gasteiger partial charge in [0.25, 0.3) is 5.91 Å². The molecule has 0 radical (unpaired) electrons. The molecule has 8 nitrogen and oxygen atoms in total. The second-order valence-corrected chi connectivity index (χ2v) is 8.16. The van der Waals surface area contributed by atoms with E-state index in [0.717, 1.165) is 22.6 Å². The van der Waals surface area contributed by atoms with Crippen molar-refractivity contribution < 1.29 is 14.3 Å². The normalized spacial score (nSPS) is 11.0. The number of rotatable bonds is 8. The number of nitriles is 1. The van der Waals surface area contributed by atoms with Crippen molar-refractivity contribution in [3.8, 4) is 17.6 Å². The number of carbonyl (C=O) groups excluding carboxylic acids is 1. The average molecular weight is 460 g/mol. The topological polar surface area (TPSA) is 102 Å². The molecule has 34 heavy (non-hydrogen) atoms. The monoisotopic (exact) mass is 459 g/mol. The van der Waals surface area contributed by atoms with Gasteiger partial charge in [0.05, 0.1) is 12.8 Å². The lowest BCUT2D eigenvalue weighted by molar-refractivity contribution is -0.123. The van der Waals surface area contributed by atoms with Gasteiger partial charge in [-0.3, -0.25) is 4.79 Å². The summed E-state index contributed by atoms with van der Waals surface area (Å²) in [5, 5.41) is 13.5. The molecule has 0 fully saturated rings. The zero-order valence-electron chi connectivity index (χ0n) is 20.4. The number of benzene rings is 1. The highest BCUT2D eigenvalue weighted by atomic mass is 16.5. The van der Waals surface area contributed by atoms with Crippen molar-refractivity contribution >= 4 is 12.1 Å². The maximum absolute atomic E-state index is 12.3. The fraction of sp³-hybridized carbons (Fsp3) is 0.308. The van der Waals surface area contributed by atoms with Crippen LogP contribution in [0.15, 0.2) is 35.4 Å². The number of ether oxygens (including phenoxy) is 2. The van der Waals surface area contributed by atoms with E-state index in [1.807, 2.05) is 19.9 Å². The quantitative estimate of drug-likeness (QED) is 0.406. The zero-order chi connectivity index (χ0) is 24.8. The molecule has 0 spiro atoms. The number of carbonyl (C=O) groups is 1. The van der Waals surface area contributed by atoms with Crippen molar-refractivity contribution in [2.75, 3.05) is 13.7 Å². The number of aryl methyl sites for hydroxylation is 4. The first-order chi connectivity index (χ1) is 16.2. The minimum Gasteiger partial charge on any atom is -0.467 e. The first-order valence-electron chi connectivity index (χ1n) is 10.9. The van der Waals surface area contributed by atoms with Crippen molar-refractivity contribution in [3.63, 3.8) is 0 Å². The van der Waals surface area contributed by atoms with E-state index in [-0.39, 0.29) is 24.7 Å². The molecule has 176 valence electrons. The van der Waals surface area contributed by atoms with Gasteiger partial charge in [0, 0.05) is 41.0 Å². The van der Waals surface area contributed by atoms with Crippen LogP contribution in [0, 0.1) is 45.9 Å². The zero-order valence-corrected chi connectivity index (χ0v) is 20.4. The van der Waals surface area contributed by atoms with Crippen molar-refractivity contribution in [1.82, 2.24) is 15.0 Å². The van der Waals surface area contributed by atoms with Crippen LogP contribution in [-0.2, 0) is 16.1 Å². The van der Waals surface area contributed by atoms with E-state index >= 15 is 0 Å². The number of nitrogens with one attached hydrogen (secondary N) is 1. The minimum atomic E-state index is -0.459. The van der Waals surface area contributed by atoms with Gasteiger partial charge in [-0.05, 0) is 70.0 Å². The van der Waals surface area contributed by atoms with Crippen LogP contribution in [0.4, 0.5) is 0 Å². The largest absolute Gasteiger partial charge is 0.467 e. The molecule has 1 N–H and O–H groups in total. The molecule has 2 heterocycles. The summed E-state index contributed by atoms with van der Waals surface area (Å²) in [6.07, 6.45) is 1.61. The third-order valence-electron chi connectivity index (χ3n) is 5.56. The van der Waals surface area contributed by atoms with Crippen molar-refractivity contribution in [2.24, 2.45) is 5.10 Å². The van der Waals surface area contributed by atoms with Crippen molar-refractivity contribution in [1.29, 1.82) is 5.26 Å². The van der Waals surface area contributed by atoms with Crippen LogP contribution in [0.2, 0.25) is 0 Å². The highest BCUT2D eigenvalue weighted by Crippen LogP contribution is 2.22. The van der Waals surface area contributed by atoms with E-state index in [2.05, 4.69) is 58.2 Å². The maximum atomic E-state index is 12.3. The second kappa shape index (κ2) is 10.8. The van der Waals surface area contributed by atoms with E-state index in [4.69, 9.17) is 9.47 Å². The molecule has 3 rings (SSSR count). The van der Waals surface area contributed by atoms with Crippen LogP contribution in [0.5, 0.6) is 5.88 Å². The van der Waals surface area contributed by atoms with Gasteiger partial charge in [0.2, 0.25) is 5.88 Å². The Balaban J connectivity index is 1.67. The van der Waals surface area contributed by atoms with Gasteiger partial charge < -0.3 is 14.0 Å². The van der Waals surface area contributed by atoms with Gasteiger partial charge in [-0.25, -0.2) is 10.4 Å². The number of pyridine rings is 1. The number of hydrogen-bond acceptors (Lipinski definition) is 6. The predicted octanol–water partition coefficient (Wildman–Crippen LogP) is 3.96. The number of nitrogens with zero attached hydrogens (tertiary/aromatic N) is 4. The summed E-state index contributed by atoms with van der Waals surface area (Å²) >= 11 is 0. The molecule has 2 aromatic heterocycles. The van der Waals surface area contributed by atoms with Gasteiger partial charge in [-0.15, -0.1) is 0 Å². The number of amides is 1. The Morgan fingerprint density at radius 3 is 2.62 bits per heavy atom. The Hall–Kier alpha value is -3.96. The minimum absolute atomic E-state index is 0.102. The van der Waals surface area contributed by atoms with E-state index in [9.17, 15) is 10.1 Å². The predicted molar refractivity (Wildman–Crippen MR) is 130 cm³/mol. The summed E-state index contributed by atoms with van der Waals surface area (Å²) in [5.74, 6) is -0.356. The van der Waals surface area contributed by atoms with Crippen molar-refractivity contribution in [2.45, 2.75) is 41.2 Å². The second-order valence-electron chi connectivity index (χ2n) is 8.16. The Kier molecular flexibility index (Phi) is 7.82. The molecule has 1 aromatic carbocycles. The fourth-order valence-corrected chi connectivity index (χ4v) is 3.72. The van der Waals surface area contributed by atoms with Gasteiger partial charge in [-0.1, -0.05) is 6.07 Å². The highest BCUT2D eigenvalue weighted by molar-refractivity contribution is 5.84. The molecule has 0 atom stereocenters. The molecule has 3 aromatic rings. The molecule has 0 unspecified atom stereocenters. The molecular weight excluding hydrogens is 430 g/mol. The van der Waals surface area contributed by atoms with Crippen LogP contribution >= 0.6 is 0 Å². The van der Waals surface area contributed by atoms with Crippen LogP contribution in [0.1, 0.15) is 44.9 Å². The summed E-state index contributed by atoms with van der Waals surface area (Å²) < 4.78 is 12.8. The summed E-state index contributed by atoms with van der Waals surface area (Å²) in [6.45, 7) is 9.94. The van der Waals surface area contributed by atoms with Gasteiger partial charge in [0.1, 0.15) is 11.6 Å². The van der Waals surface area contributed by atoms with E-state index in [1.54, 1.807) is 26.3 Å².